The first-order chi connectivity index (χ1) is 15.0. The number of rotatable bonds is 10. The number of esters is 1. The van der Waals surface area contributed by atoms with Crippen molar-refractivity contribution in [1.29, 1.82) is 0 Å². The van der Waals surface area contributed by atoms with Crippen molar-refractivity contribution in [3.63, 3.8) is 0 Å². The lowest BCUT2D eigenvalue weighted by atomic mass is 10.2. The molecule has 1 aromatic carbocycles. The number of carbonyl (C=O) groups excluding carboxylic acids is 2. The van der Waals surface area contributed by atoms with E-state index in [1.165, 1.54) is 16.4 Å². The number of nitrogens with zero attached hydrogens (tertiary/aromatic N) is 2. The number of anilines is 1. The first-order valence-electron chi connectivity index (χ1n) is 10.9. The monoisotopic (exact) mass is 469 g/mol. The first-order valence-corrected chi connectivity index (χ1v) is 12.4. The number of benzene rings is 1. The second kappa shape index (κ2) is 11.7. The van der Waals surface area contributed by atoms with E-state index in [0.717, 1.165) is 0 Å². The van der Waals surface area contributed by atoms with Gasteiger partial charge in [-0.05, 0) is 51.0 Å². The van der Waals surface area contributed by atoms with Crippen LogP contribution < -0.4 is 5.32 Å². The third kappa shape index (κ3) is 7.84. The summed E-state index contributed by atoms with van der Waals surface area (Å²) in [5.74, 6) is -0.393. The Morgan fingerprint density at radius 2 is 1.75 bits per heavy atom. The van der Waals surface area contributed by atoms with Crippen molar-refractivity contribution in [2.45, 2.75) is 51.7 Å². The lowest BCUT2D eigenvalue weighted by molar-refractivity contribution is -0.144. The van der Waals surface area contributed by atoms with Gasteiger partial charge in [0.15, 0.2) is 0 Å². The normalized spacial score (nSPS) is 19.8. The van der Waals surface area contributed by atoms with Crippen LogP contribution in [-0.4, -0.2) is 81.0 Å². The zero-order valence-electron chi connectivity index (χ0n) is 19.5. The van der Waals surface area contributed by atoms with Crippen LogP contribution in [0.5, 0.6) is 0 Å². The molecule has 1 amide bonds. The summed E-state index contributed by atoms with van der Waals surface area (Å²) in [7, 11) is -3.64. The van der Waals surface area contributed by atoms with Gasteiger partial charge in [-0.1, -0.05) is 13.8 Å². The SMILES string of the molecule is CCOC(=O)CN(CC(=O)Nc1ccc(S(=O)(=O)N2CC(C)OC(C)C2)cc1)CC(C)C. The van der Waals surface area contributed by atoms with Crippen molar-refractivity contribution >= 4 is 27.6 Å². The van der Waals surface area contributed by atoms with Gasteiger partial charge in [-0.3, -0.25) is 14.5 Å². The minimum absolute atomic E-state index is 0.0284. The highest BCUT2D eigenvalue weighted by atomic mass is 32.2. The summed E-state index contributed by atoms with van der Waals surface area (Å²) < 4.78 is 37.9. The fourth-order valence-corrected chi connectivity index (χ4v) is 5.27. The zero-order chi connectivity index (χ0) is 23.9. The summed E-state index contributed by atoms with van der Waals surface area (Å²) in [5, 5.41) is 2.76. The summed E-state index contributed by atoms with van der Waals surface area (Å²) in [6, 6.07) is 6.10. The number of carbonyl (C=O) groups is 2. The topological polar surface area (TPSA) is 105 Å². The van der Waals surface area contributed by atoms with Gasteiger partial charge in [-0.25, -0.2) is 8.42 Å². The van der Waals surface area contributed by atoms with Crippen LogP contribution in [0.1, 0.15) is 34.6 Å². The molecule has 1 saturated heterocycles. The molecule has 2 atom stereocenters. The molecular formula is C22H35N3O6S. The van der Waals surface area contributed by atoms with Crippen LogP contribution in [0.15, 0.2) is 29.2 Å². The van der Waals surface area contributed by atoms with Crippen LogP contribution in [0, 0.1) is 5.92 Å². The number of hydrogen-bond donors (Lipinski definition) is 1. The van der Waals surface area contributed by atoms with Gasteiger partial charge in [0.25, 0.3) is 0 Å². The Bertz CT molecular complexity index is 862. The summed E-state index contributed by atoms with van der Waals surface area (Å²) in [4.78, 5) is 26.2. The standard InChI is InChI=1S/C22H35N3O6S/c1-6-30-22(27)15-24(11-16(2)3)14-21(26)23-19-7-9-20(10-8-19)32(28,29)25-12-17(4)31-18(5)13-25/h7-10,16-18H,6,11-15H2,1-5H3,(H,23,26). The summed E-state index contributed by atoms with van der Waals surface area (Å²) >= 11 is 0. The zero-order valence-corrected chi connectivity index (χ0v) is 20.4. The number of nitrogens with one attached hydrogen (secondary N) is 1. The van der Waals surface area contributed by atoms with Crippen molar-refractivity contribution in [3.05, 3.63) is 24.3 Å². The lowest BCUT2D eigenvalue weighted by Crippen LogP contribution is -2.48. The van der Waals surface area contributed by atoms with Crippen LogP contribution >= 0.6 is 0 Å². The van der Waals surface area contributed by atoms with Crippen LogP contribution in [0.3, 0.4) is 0 Å². The van der Waals surface area contributed by atoms with Crippen LogP contribution in [0.4, 0.5) is 5.69 Å². The highest BCUT2D eigenvalue weighted by Crippen LogP contribution is 2.22. The molecule has 0 saturated carbocycles. The number of hydrogen-bond acceptors (Lipinski definition) is 7. The lowest BCUT2D eigenvalue weighted by Gasteiger charge is -2.34. The predicted molar refractivity (Wildman–Crippen MR) is 122 cm³/mol. The van der Waals surface area contributed by atoms with E-state index in [4.69, 9.17) is 9.47 Å². The molecule has 32 heavy (non-hydrogen) atoms. The van der Waals surface area contributed by atoms with E-state index in [-0.39, 0.29) is 54.6 Å². The molecule has 1 fully saturated rings. The maximum atomic E-state index is 12.9. The molecule has 0 aromatic heterocycles. The molecule has 9 nitrogen and oxygen atoms in total. The molecule has 1 aliphatic rings. The second-order valence-electron chi connectivity index (χ2n) is 8.52. The van der Waals surface area contributed by atoms with Crippen molar-refractivity contribution in [3.8, 4) is 0 Å². The van der Waals surface area contributed by atoms with E-state index in [2.05, 4.69) is 5.32 Å². The molecule has 1 aliphatic heterocycles. The van der Waals surface area contributed by atoms with Gasteiger partial charge in [0, 0.05) is 25.3 Å². The molecule has 0 aliphatic carbocycles. The second-order valence-corrected chi connectivity index (χ2v) is 10.5. The number of sulfonamides is 1. The summed E-state index contributed by atoms with van der Waals surface area (Å²) in [6.45, 7) is 11.0. The van der Waals surface area contributed by atoms with Gasteiger partial charge >= 0.3 is 5.97 Å². The Morgan fingerprint density at radius 3 is 2.28 bits per heavy atom. The fourth-order valence-electron chi connectivity index (χ4n) is 3.68. The van der Waals surface area contributed by atoms with Crippen LogP contribution in [-0.2, 0) is 29.1 Å². The van der Waals surface area contributed by atoms with E-state index >= 15 is 0 Å². The van der Waals surface area contributed by atoms with Crippen molar-refractivity contribution < 1.29 is 27.5 Å². The van der Waals surface area contributed by atoms with Gasteiger partial charge < -0.3 is 14.8 Å². The summed E-state index contributed by atoms with van der Waals surface area (Å²) in [5.41, 5.74) is 0.485. The van der Waals surface area contributed by atoms with E-state index < -0.39 is 10.0 Å². The van der Waals surface area contributed by atoms with E-state index in [1.807, 2.05) is 27.7 Å². The first kappa shape index (κ1) is 26.2. The Hall–Kier alpha value is -2.01. The van der Waals surface area contributed by atoms with E-state index in [0.29, 0.717) is 25.3 Å². The third-order valence-corrected chi connectivity index (χ3v) is 6.66. The maximum Gasteiger partial charge on any atom is 0.320 e. The average Bonchev–Trinajstić information content (AvgIpc) is 2.67. The maximum absolute atomic E-state index is 12.9. The Morgan fingerprint density at radius 1 is 1.16 bits per heavy atom. The number of amides is 1. The fraction of sp³-hybridized carbons (Fsp3) is 0.636. The quantitative estimate of drug-likeness (QED) is 0.522. The smallest absolute Gasteiger partial charge is 0.320 e. The minimum Gasteiger partial charge on any atom is -0.465 e. The van der Waals surface area contributed by atoms with Gasteiger partial charge in [0.05, 0.1) is 36.8 Å². The molecular weight excluding hydrogens is 434 g/mol. The largest absolute Gasteiger partial charge is 0.465 e. The molecule has 180 valence electrons. The molecule has 10 heteroatoms. The van der Waals surface area contributed by atoms with Gasteiger partial charge in [0.2, 0.25) is 15.9 Å². The Balaban J connectivity index is 2.01. The average molecular weight is 470 g/mol. The number of ether oxygens (including phenoxy) is 2. The van der Waals surface area contributed by atoms with Gasteiger partial charge in [-0.2, -0.15) is 4.31 Å². The predicted octanol–water partition coefficient (Wildman–Crippen LogP) is 1.94. The van der Waals surface area contributed by atoms with Crippen molar-refractivity contribution in [1.82, 2.24) is 9.21 Å². The minimum atomic E-state index is -3.64. The van der Waals surface area contributed by atoms with Crippen LogP contribution in [0.2, 0.25) is 0 Å². The molecule has 2 unspecified atom stereocenters. The van der Waals surface area contributed by atoms with Gasteiger partial charge in [-0.15, -0.1) is 0 Å². The molecule has 1 aromatic rings. The van der Waals surface area contributed by atoms with Crippen molar-refractivity contribution in [2.75, 3.05) is 44.6 Å². The Kier molecular flexibility index (Phi) is 9.63. The summed E-state index contributed by atoms with van der Waals surface area (Å²) in [6.07, 6.45) is -0.342. The molecule has 0 radical (unpaired) electrons. The Labute approximate surface area is 191 Å². The molecule has 1 N–H and O–H groups in total. The molecule has 0 bridgehead atoms. The third-order valence-electron chi connectivity index (χ3n) is 4.81. The molecule has 1 heterocycles. The van der Waals surface area contributed by atoms with Crippen molar-refractivity contribution in [2.24, 2.45) is 5.92 Å². The van der Waals surface area contributed by atoms with E-state index in [1.54, 1.807) is 24.0 Å². The van der Waals surface area contributed by atoms with Gasteiger partial charge in [0.1, 0.15) is 0 Å². The van der Waals surface area contributed by atoms with E-state index in [9.17, 15) is 18.0 Å². The molecule has 2 rings (SSSR count). The highest BCUT2D eigenvalue weighted by Gasteiger charge is 2.32. The number of morpholine rings is 1. The molecule has 0 spiro atoms. The van der Waals surface area contributed by atoms with Crippen LogP contribution in [0.25, 0.3) is 0 Å². The highest BCUT2D eigenvalue weighted by molar-refractivity contribution is 7.89.